The minimum atomic E-state index is 0.292. The van der Waals surface area contributed by atoms with Crippen LogP contribution in [0.2, 0.25) is 0 Å². The second-order valence-corrected chi connectivity index (χ2v) is 4.29. The lowest BCUT2D eigenvalue weighted by Gasteiger charge is -2.04. The molecule has 2 rings (SSSR count). The fraction of sp³-hybridized carbons (Fsp3) is 0.100. The summed E-state index contributed by atoms with van der Waals surface area (Å²) in [6.07, 6.45) is 0. The second-order valence-electron chi connectivity index (χ2n) is 3.30. The molecule has 1 aromatic heterocycles. The Bertz CT molecular complexity index is 568. The van der Waals surface area contributed by atoms with Gasteiger partial charge in [-0.05, 0) is 12.1 Å². The molecule has 0 aliphatic rings. The van der Waals surface area contributed by atoms with Crippen LogP contribution >= 0.6 is 11.8 Å². The van der Waals surface area contributed by atoms with E-state index in [1.165, 1.54) is 11.8 Å². The number of para-hydroxylation sites is 1. The number of anilines is 1. The molecule has 6 nitrogen and oxygen atoms in total. The largest absolute Gasteiger partial charge is 0.383 e. The molecular weight excluding hydrogens is 236 g/mol. The van der Waals surface area contributed by atoms with Crippen LogP contribution in [0.1, 0.15) is 5.82 Å². The monoisotopic (exact) mass is 248 g/mol. The summed E-state index contributed by atoms with van der Waals surface area (Å²) in [5, 5.41) is 4.50. The summed E-state index contributed by atoms with van der Waals surface area (Å²) in [7, 11) is 0. The predicted octanol–water partition coefficient (Wildman–Crippen LogP) is 0.634. The van der Waals surface area contributed by atoms with E-state index in [1.54, 1.807) is 0 Å². The molecule has 0 atom stereocenters. The molecule has 1 heterocycles. The zero-order chi connectivity index (χ0) is 12.3. The maximum absolute atomic E-state index is 5.85. The minimum absolute atomic E-state index is 0.292. The van der Waals surface area contributed by atoms with Crippen LogP contribution in [0.25, 0.3) is 10.9 Å². The summed E-state index contributed by atoms with van der Waals surface area (Å²) in [5.74, 6) is 6.60. The van der Waals surface area contributed by atoms with Gasteiger partial charge in [0.2, 0.25) is 0 Å². The van der Waals surface area contributed by atoms with Gasteiger partial charge in [-0.3, -0.25) is 0 Å². The summed E-state index contributed by atoms with van der Waals surface area (Å²) in [4.78, 5) is 8.58. The SMILES string of the molecule is NN=C(N)SCc1nc(N)c2ccccc2n1. The van der Waals surface area contributed by atoms with E-state index < -0.39 is 0 Å². The maximum atomic E-state index is 5.85. The van der Waals surface area contributed by atoms with Gasteiger partial charge in [-0.1, -0.05) is 23.9 Å². The first-order chi connectivity index (χ1) is 8.20. The lowest BCUT2D eigenvalue weighted by molar-refractivity contribution is 1.08. The number of hydrogen-bond acceptors (Lipinski definition) is 6. The van der Waals surface area contributed by atoms with Crippen molar-refractivity contribution in [2.45, 2.75) is 5.75 Å². The van der Waals surface area contributed by atoms with Gasteiger partial charge in [-0.15, -0.1) is 0 Å². The van der Waals surface area contributed by atoms with Gasteiger partial charge in [-0.25, -0.2) is 9.97 Å². The smallest absolute Gasteiger partial charge is 0.177 e. The summed E-state index contributed by atoms with van der Waals surface area (Å²) < 4.78 is 0. The summed E-state index contributed by atoms with van der Waals surface area (Å²) >= 11 is 1.27. The Morgan fingerprint density at radius 3 is 2.82 bits per heavy atom. The molecule has 0 spiro atoms. The molecule has 0 unspecified atom stereocenters. The number of nitrogen functional groups attached to an aromatic ring is 1. The molecule has 0 fully saturated rings. The van der Waals surface area contributed by atoms with Crippen molar-refractivity contribution in [2.75, 3.05) is 5.73 Å². The molecule has 0 saturated carbocycles. The Morgan fingerprint density at radius 2 is 2.06 bits per heavy atom. The highest BCUT2D eigenvalue weighted by atomic mass is 32.2. The number of benzene rings is 1. The standard InChI is InChI=1S/C10H12N6S/c11-9-6-3-1-2-4-7(6)14-8(15-9)5-17-10(12)16-13/h1-4H,5,13H2,(H2,12,16)(H2,11,14,15). The number of nitrogens with two attached hydrogens (primary N) is 3. The number of fused-ring (bicyclic) bond motifs is 1. The van der Waals surface area contributed by atoms with Crippen LogP contribution in [-0.2, 0) is 5.75 Å². The fourth-order valence-corrected chi connectivity index (χ4v) is 1.87. The van der Waals surface area contributed by atoms with Gasteiger partial charge in [0.15, 0.2) is 5.17 Å². The number of nitrogens with zero attached hydrogens (tertiary/aromatic N) is 3. The third kappa shape index (κ3) is 2.56. The molecular formula is C10H12N6S. The number of hydrogen-bond donors (Lipinski definition) is 3. The maximum Gasteiger partial charge on any atom is 0.177 e. The fourth-order valence-electron chi connectivity index (χ4n) is 1.39. The van der Waals surface area contributed by atoms with E-state index in [2.05, 4.69) is 15.1 Å². The molecule has 17 heavy (non-hydrogen) atoms. The molecule has 88 valence electrons. The van der Waals surface area contributed by atoms with E-state index in [4.69, 9.17) is 17.3 Å². The summed E-state index contributed by atoms with van der Waals surface area (Å²) in [6, 6.07) is 7.58. The van der Waals surface area contributed by atoms with Crippen LogP contribution in [0.3, 0.4) is 0 Å². The zero-order valence-corrected chi connectivity index (χ0v) is 9.81. The predicted molar refractivity (Wildman–Crippen MR) is 71.1 cm³/mol. The van der Waals surface area contributed by atoms with Crippen molar-refractivity contribution in [1.82, 2.24) is 9.97 Å². The van der Waals surface area contributed by atoms with E-state index in [1.807, 2.05) is 24.3 Å². The minimum Gasteiger partial charge on any atom is -0.383 e. The van der Waals surface area contributed by atoms with E-state index >= 15 is 0 Å². The van der Waals surface area contributed by atoms with Crippen molar-refractivity contribution in [3.05, 3.63) is 30.1 Å². The van der Waals surface area contributed by atoms with Gasteiger partial charge >= 0.3 is 0 Å². The number of hydrazone groups is 1. The Labute approximate surface area is 102 Å². The molecule has 0 saturated heterocycles. The average molecular weight is 248 g/mol. The van der Waals surface area contributed by atoms with Crippen molar-refractivity contribution in [3.8, 4) is 0 Å². The molecule has 0 bridgehead atoms. The highest BCUT2D eigenvalue weighted by molar-refractivity contribution is 8.13. The van der Waals surface area contributed by atoms with E-state index in [-0.39, 0.29) is 0 Å². The van der Waals surface area contributed by atoms with E-state index in [0.717, 1.165) is 10.9 Å². The molecule has 6 N–H and O–H groups in total. The molecule has 1 aromatic carbocycles. The molecule has 0 amide bonds. The van der Waals surface area contributed by atoms with Crippen LogP contribution in [0.4, 0.5) is 5.82 Å². The van der Waals surface area contributed by atoms with E-state index in [0.29, 0.717) is 22.6 Å². The third-order valence-corrected chi connectivity index (χ3v) is 2.96. The highest BCUT2D eigenvalue weighted by Crippen LogP contribution is 2.18. The Balaban J connectivity index is 2.30. The van der Waals surface area contributed by atoms with Crippen LogP contribution < -0.4 is 17.3 Å². The molecule has 7 heteroatoms. The molecule has 0 radical (unpaired) electrons. The molecule has 0 aliphatic carbocycles. The normalized spacial score (nSPS) is 11.9. The van der Waals surface area contributed by atoms with Crippen LogP contribution in [0, 0.1) is 0 Å². The Morgan fingerprint density at radius 1 is 1.29 bits per heavy atom. The first-order valence-corrected chi connectivity index (χ1v) is 5.86. The number of thioether (sulfide) groups is 1. The van der Waals surface area contributed by atoms with Crippen molar-refractivity contribution in [1.29, 1.82) is 0 Å². The topological polar surface area (TPSA) is 116 Å². The van der Waals surface area contributed by atoms with Gasteiger partial charge in [-0.2, -0.15) is 5.10 Å². The Kier molecular flexibility index (Phi) is 3.29. The van der Waals surface area contributed by atoms with Crippen LogP contribution in [-0.4, -0.2) is 15.1 Å². The first-order valence-electron chi connectivity index (χ1n) is 4.88. The number of aromatic nitrogens is 2. The average Bonchev–Trinajstić information content (AvgIpc) is 2.36. The number of amidine groups is 1. The Hall–Kier alpha value is -2.02. The van der Waals surface area contributed by atoms with Crippen molar-refractivity contribution in [3.63, 3.8) is 0 Å². The van der Waals surface area contributed by atoms with Crippen molar-refractivity contribution in [2.24, 2.45) is 16.7 Å². The quantitative estimate of drug-likeness (QED) is 0.311. The van der Waals surface area contributed by atoms with Crippen molar-refractivity contribution >= 4 is 33.7 Å². The lowest BCUT2D eigenvalue weighted by atomic mass is 10.2. The van der Waals surface area contributed by atoms with Gasteiger partial charge in [0.1, 0.15) is 11.6 Å². The van der Waals surface area contributed by atoms with E-state index in [9.17, 15) is 0 Å². The molecule has 2 aromatic rings. The first kappa shape index (κ1) is 11.5. The van der Waals surface area contributed by atoms with Gasteiger partial charge in [0.25, 0.3) is 0 Å². The van der Waals surface area contributed by atoms with Crippen molar-refractivity contribution < 1.29 is 0 Å². The molecule has 0 aliphatic heterocycles. The van der Waals surface area contributed by atoms with Gasteiger partial charge < -0.3 is 17.3 Å². The second kappa shape index (κ2) is 4.88. The highest BCUT2D eigenvalue weighted by Gasteiger charge is 2.05. The van der Waals surface area contributed by atoms with Gasteiger partial charge in [0, 0.05) is 5.39 Å². The van der Waals surface area contributed by atoms with Crippen LogP contribution in [0.5, 0.6) is 0 Å². The third-order valence-electron chi connectivity index (χ3n) is 2.16. The van der Waals surface area contributed by atoms with Gasteiger partial charge in [0.05, 0.1) is 11.3 Å². The lowest BCUT2D eigenvalue weighted by Crippen LogP contribution is -2.10. The van der Waals surface area contributed by atoms with Crippen LogP contribution in [0.15, 0.2) is 29.4 Å². The summed E-state index contributed by atoms with van der Waals surface area (Å²) in [6.45, 7) is 0. The summed E-state index contributed by atoms with van der Waals surface area (Å²) in [5.41, 5.74) is 12.1. The number of rotatable bonds is 2. The zero-order valence-electron chi connectivity index (χ0n) is 9.00.